The van der Waals surface area contributed by atoms with Crippen molar-refractivity contribution >= 4 is 33.0 Å². The molecule has 7 nitrogen and oxygen atoms in total. The molecular formula is C20H22N2O5S. The van der Waals surface area contributed by atoms with Gasteiger partial charge in [-0.3, -0.25) is 9.59 Å². The van der Waals surface area contributed by atoms with E-state index in [0.717, 1.165) is 11.3 Å². The van der Waals surface area contributed by atoms with Crippen molar-refractivity contribution < 1.29 is 22.7 Å². The summed E-state index contributed by atoms with van der Waals surface area (Å²) in [5.41, 5.74) is 2.09. The van der Waals surface area contributed by atoms with Crippen LogP contribution in [-0.2, 0) is 19.4 Å². The number of nitrogens with zero attached hydrogens (tertiary/aromatic N) is 1. The fraction of sp³-hybridized carbons (Fsp3) is 0.300. The second-order valence-electron chi connectivity index (χ2n) is 6.54. The maximum absolute atomic E-state index is 12.7. The molecule has 0 fully saturated rings. The van der Waals surface area contributed by atoms with Crippen LogP contribution < -0.4 is 15.0 Å². The van der Waals surface area contributed by atoms with Crippen molar-refractivity contribution in [1.82, 2.24) is 0 Å². The molecule has 0 saturated heterocycles. The second-order valence-corrected chi connectivity index (χ2v) is 8.65. The van der Waals surface area contributed by atoms with Crippen LogP contribution in [0.25, 0.3) is 0 Å². The summed E-state index contributed by atoms with van der Waals surface area (Å²) in [6, 6.07) is 11.8. The first-order valence-corrected chi connectivity index (χ1v) is 10.6. The lowest BCUT2D eigenvalue weighted by Gasteiger charge is -2.22. The molecule has 1 aliphatic rings. The van der Waals surface area contributed by atoms with Crippen LogP contribution in [0.15, 0.2) is 47.4 Å². The topological polar surface area (TPSA) is 92.8 Å². The average molecular weight is 402 g/mol. The molecule has 2 aromatic carbocycles. The zero-order chi connectivity index (χ0) is 20.3. The number of amides is 2. The Balaban J connectivity index is 1.73. The molecular weight excluding hydrogens is 380 g/mol. The van der Waals surface area contributed by atoms with Crippen molar-refractivity contribution in [2.45, 2.75) is 25.2 Å². The summed E-state index contributed by atoms with van der Waals surface area (Å²) in [6.07, 6.45) is -0.135. The van der Waals surface area contributed by atoms with Crippen molar-refractivity contribution in [2.75, 3.05) is 29.1 Å². The molecule has 28 heavy (non-hydrogen) atoms. The van der Waals surface area contributed by atoms with Gasteiger partial charge in [-0.2, -0.15) is 0 Å². The zero-order valence-electron chi connectivity index (χ0n) is 15.8. The second kappa shape index (κ2) is 8.02. The van der Waals surface area contributed by atoms with Gasteiger partial charge in [0.05, 0.1) is 16.3 Å². The molecule has 0 aromatic heterocycles. The van der Waals surface area contributed by atoms with Crippen LogP contribution in [0.4, 0.5) is 11.4 Å². The Bertz CT molecular complexity index is 1020. The molecule has 3 rings (SSSR count). The van der Waals surface area contributed by atoms with Gasteiger partial charge in [0, 0.05) is 18.7 Å². The van der Waals surface area contributed by atoms with Gasteiger partial charge >= 0.3 is 0 Å². The number of anilines is 2. The summed E-state index contributed by atoms with van der Waals surface area (Å²) < 4.78 is 30.6. The molecule has 1 aliphatic heterocycles. The van der Waals surface area contributed by atoms with Gasteiger partial charge in [0.25, 0.3) is 5.91 Å². The van der Waals surface area contributed by atoms with Gasteiger partial charge in [-0.15, -0.1) is 0 Å². The Morgan fingerprint density at radius 3 is 2.71 bits per heavy atom. The highest BCUT2D eigenvalue weighted by Gasteiger charge is 2.23. The molecule has 0 bridgehead atoms. The van der Waals surface area contributed by atoms with Crippen molar-refractivity contribution in [3.63, 3.8) is 0 Å². The smallest absolute Gasteiger partial charge is 0.262 e. The number of hydrogen-bond acceptors (Lipinski definition) is 5. The molecule has 0 atom stereocenters. The molecule has 2 amide bonds. The third-order valence-electron chi connectivity index (χ3n) is 4.46. The number of ether oxygens (including phenoxy) is 1. The van der Waals surface area contributed by atoms with E-state index < -0.39 is 9.84 Å². The quantitative estimate of drug-likeness (QED) is 0.802. The van der Waals surface area contributed by atoms with Crippen LogP contribution in [-0.4, -0.2) is 39.1 Å². The predicted octanol–water partition coefficient (Wildman–Crippen LogP) is 2.54. The maximum Gasteiger partial charge on any atom is 0.262 e. The maximum atomic E-state index is 12.7. The highest BCUT2D eigenvalue weighted by molar-refractivity contribution is 7.91. The zero-order valence-corrected chi connectivity index (χ0v) is 16.6. The number of aryl methyl sites for hydroxylation is 1. The molecule has 0 radical (unpaired) electrons. The first kappa shape index (κ1) is 19.9. The lowest BCUT2D eigenvalue weighted by Crippen LogP contribution is -2.32. The highest BCUT2D eigenvalue weighted by Crippen LogP contribution is 2.30. The van der Waals surface area contributed by atoms with Gasteiger partial charge in [-0.05, 0) is 49.7 Å². The van der Waals surface area contributed by atoms with E-state index in [1.165, 1.54) is 18.2 Å². The van der Waals surface area contributed by atoms with Gasteiger partial charge in [-0.25, -0.2) is 8.42 Å². The van der Waals surface area contributed by atoms with Gasteiger partial charge in [0.15, 0.2) is 16.4 Å². The van der Waals surface area contributed by atoms with Crippen LogP contribution in [0.2, 0.25) is 0 Å². The molecule has 8 heteroatoms. The first-order valence-electron chi connectivity index (χ1n) is 8.96. The fourth-order valence-corrected chi connectivity index (χ4v) is 4.28. The van der Waals surface area contributed by atoms with E-state index in [0.29, 0.717) is 18.0 Å². The standard InChI is InChI=1S/C20H22N2O5S/c1-3-22(15-6-4-5-14(2)11-15)20(24)9-10-28(25,26)16-7-8-18-17(12-16)21-19(23)13-27-18/h4-8,11-12H,3,9-10,13H2,1-2H3,(H,21,23). The minimum atomic E-state index is -3.69. The molecule has 148 valence electrons. The summed E-state index contributed by atoms with van der Waals surface area (Å²) in [4.78, 5) is 25.7. The third kappa shape index (κ3) is 4.33. The number of rotatable bonds is 6. The molecule has 0 spiro atoms. The molecule has 2 aromatic rings. The number of carbonyl (C=O) groups is 2. The van der Waals surface area contributed by atoms with Crippen LogP contribution in [0.3, 0.4) is 0 Å². The van der Waals surface area contributed by atoms with Gasteiger partial charge in [0.1, 0.15) is 5.75 Å². The summed E-state index contributed by atoms with van der Waals surface area (Å²) in [7, 11) is -3.69. The molecule has 0 saturated carbocycles. The number of carbonyl (C=O) groups excluding carboxylic acids is 2. The third-order valence-corrected chi connectivity index (χ3v) is 6.17. The largest absolute Gasteiger partial charge is 0.482 e. The van der Waals surface area contributed by atoms with E-state index in [1.807, 2.05) is 38.1 Å². The van der Waals surface area contributed by atoms with Crippen molar-refractivity contribution in [2.24, 2.45) is 0 Å². The number of hydrogen-bond donors (Lipinski definition) is 1. The number of sulfone groups is 1. The summed E-state index contributed by atoms with van der Waals surface area (Å²) in [6.45, 7) is 4.13. The average Bonchev–Trinajstić information content (AvgIpc) is 2.66. The Morgan fingerprint density at radius 2 is 2.00 bits per heavy atom. The molecule has 0 aliphatic carbocycles. The van der Waals surface area contributed by atoms with E-state index in [-0.39, 0.29) is 35.5 Å². The number of fused-ring (bicyclic) bond motifs is 1. The molecule has 0 unspecified atom stereocenters. The monoisotopic (exact) mass is 402 g/mol. The van der Waals surface area contributed by atoms with Crippen LogP contribution >= 0.6 is 0 Å². The van der Waals surface area contributed by atoms with Gasteiger partial charge in [0.2, 0.25) is 5.91 Å². The van der Waals surface area contributed by atoms with Crippen LogP contribution in [0.1, 0.15) is 18.9 Å². The van der Waals surface area contributed by atoms with E-state index in [1.54, 1.807) is 4.90 Å². The summed E-state index contributed by atoms with van der Waals surface area (Å²) in [5.74, 6) is -0.492. The number of benzene rings is 2. The van der Waals surface area contributed by atoms with E-state index in [4.69, 9.17) is 4.74 Å². The minimum absolute atomic E-state index is 0.0449. The summed E-state index contributed by atoms with van der Waals surface area (Å²) >= 11 is 0. The van der Waals surface area contributed by atoms with Gasteiger partial charge in [-0.1, -0.05) is 12.1 Å². The molecule has 1 N–H and O–H groups in total. The van der Waals surface area contributed by atoms with Crippen LogP contribution in [0, 0.1) is 6.92 Å². The predicted molar refractivity (Wildman–Crippen MR) is 106 cm³/mol. The fourth-order valence-electron chi connectivity index (χ4n) is 3.03. The Hall–Kier alpha value is -2.87. The Labute approximate surface area is 164 Å². The lowest BCUT2D eigenvalue weighted by molar-refractivity contribution is -0.119. The normalized spacial score (nSPS) is 13.3. The van der Waals surface area contributed by atoms with Crippen molar-refractivity contribution in [3.8, 4) is 5.75 Å². The van der Waals surface area contributed by atoms with Crippen molar-refractivity contribution in [3.05, 3.63) is 48.0 Å². The Morgan fingerprint density at radius 1 is 1.21 bits per heavy atom. The van der Waals surface area contributed by atoms with Gasteiger partial charge < -0.3 is 15.0 Å². The van der Waals surface area contributed by atoms with E-state index in [2.05, 4.69) is 5.32 Å². The van der Waals surface area contributed by atoms with E-state index >= 15 is 0 Å². The van der Waals surface area contributed by atoms with E-state index in [9.17, 15) is 18.0 Å². The lowest BCUT2D eigenvalue weighted by atomic mass is 10.2. The summed E-state index contributed by atoms with van der Waals surface area (Å²) in [5, 5.41) is 2.59. The van der Waals surface area contributed by atoms with Crippen molar-refractivity contribution in [1.29, 1.82) is 0 Å². The minimum Gasteiger partial charge on any atom is -0.482 e. The number of nitrogens with one attached hydrogen (secondary N) is 1. The first-order chi connectivity index (χ1) is 13.3. The SMILES string of the molecule is CCN(C(=O)CCS(=O)(=O)c1ccc2c(c1)NC(=O)CO2)c1cccc(C)c1. The Kier molecular flexibility index (Phi) is 5.69. The van der Waals surface area contributed by atoms with Crippen LogP contribution in [0.5, 0.6) is 5.75 Å². The highest BCUT2D eigenvalue weighted by atomic mass is 32.2. The molecule has 1 heterocycles.